The molecule has 0 bridgehead atoms. The average molecular weight is 1060 g/mol. The first-order valence-electron chi connectivity index (χ1n) is 26.9. The van der Waals surface area contributed by atoms with Crippen LogP contribution in [0, 0.1) is 50.4 Å². The molecule has 0 fully saturated rings. The molecule has 0 radical (unpaired) electrons. The Bertz CT molecular complexity index is 5520. The molecular formula is C72H42N4O2S2. The lowest BCUT2D eigenvalue weighted by Crippen LogP contribution is -2.11. The Balaban J connectivity index is 1.22. The van der Waals surface area contributed by atoms with Crippen LogP contribution in [-0.2, 0) is 0 Å². The number of hydrogen-bond donors (Lipinski definition) is 0. The van der Waals surface area contributed by atoms with E-state index in [9.17, 15) is 10.5 Å². The van der Waals surface area contributed by atoms with Crippen LogP contribution in [0.3, 0.4) is 0 Å². The number of nitriles is 2. The number of aromatic nitrogens is 2. The highest BCUT2D eigenvalue weighted by molar-refractivity contribution is 7.27. The summed E-state index contributed by atoms with van der Waals surface area (Å²) in [7, 11) is 0. The van der Waals surface area contributed by atoms with Crippen molar-refractivity contribution >= 4 is 151 Å². The van der Waals surface area contributed by atoms with E-state index in [1.165, 1.54) is 31.3 Å². The largest absolute Gasteiger partial charge is 0.456 e. The van der Waals surface area contributed by atoms with Crippen molar-refractivity contribution in [2.75, 3.05) is 0 Å². The van der Waals surface area contributed by atoms with Crippen LogP contribution in [0.4, 0.5) is 0 Å². The molecule has 374 valence electrons. The van der Waals surface area contributed by atoms with Crippen molar-refractivity contribution in [2.45, 2.75) is 27.7 Å². The lowest BCUT2D eigenvalue weighted by atomic mass is 9.84. The lowest BCUT2D eigenvalue weighted by Gasteiger charge is -2.26. The molecule has 17 aromatic rings. The van der Waals surface area contributed by atoms with E-state index >= 15 is 0 Å². The van der Waals surface area contributed by atoms with Gasteiger partial charge in [-0.25, -0.2) is 0 Å². The maximum atomic E-state index is 12.7. The molecular weight excluding hydrogens is 1020 g/mol. The molecule has 6 aromatic heterocycles. The van der Waals surface area contributed by atoms with E-state index in [4.69, 9.17) is 8.83 Å². The molecule has 0 N–H and O–H groups in total. The van der Waals surface area contributed by atoms with Crippen molar-refractivity contribution in [3.63, 3.8) is 0 Å². The van der Waals surface area contributed by atoms with Crippen LogP contribution in [0.2, 0.25) is 0 Å². The Kier molecular flexibility index (Phi) is 9.19. The first kappa shape index (κ1) is 45.1. The van der Waals surface area contributed by atoms with E-state index in [0.717, 1.165) is 124 Å². The fourth-order valence-corrected chi connectivity index (χ4v) is 15.9. The van der Waals surface area contributed by atoms with Crippen molar-refractivity contribution < 1.29 is 8.83 Å². The van der Waals surface area contributed by atoms with Gasteiger partial charge in [0.1, 0.15) is 34.5 Å². The Morgan fingerprint density at radius 1 is 0.362 bits per heavy atom. The average Bonchev–Trinajstić information content (AvgIpc) is 4.50. The molecule has 0 atom stereocenters. The molecule has 17 rings (SSSR count). The summed E-state index contributed by atoms with van der Waals surface area (Å²) in [6.07, 6.45) is 0. The summed E-state index contributed by atoms with van der Waals surface area (Å²) in [5, 5.41) is 38.0. The zero-order valence-corrected chi connectivity index (χ0v) is 45.4. The van der Waals surface area contributed by atoms with Crippen molar-refractivity contribution in [2.24, 2.45) is 0 Å². The molecule has 0 amide bonds. The monoisotopic (exact) mass is 1060 g/mol. The number of aryl methyl sites for hydroxylation is 4. The summed E-state index contributed by atoms with van der Waals surface area (Å²) in [6.45, 7) is 8.72. The quantitative estimate of drug-likeness (QED) is 0.176. The number of thiophene rings is 2. The van der Waals surface area contributed by atoms with Crippen molar-refractivity contribution in [3.05, 3.63) is 215 Å². The molecule has 0 saturated heterocycles. The number of fused-ring (bicyclic) bond motifs is 20. The lowest BCUT2D eigenvalue weighted by molar-refractivity contribution is 0.668. The summed E-state index contributed by atoms with van der Waals surface area (Å²) >= 11 is 3.56. The third-order valence-electron chi connectivity index (χ3n) is 17.2. The highest BCUT2D eigenvalue weighted by atomic mass is 32.1. The molecule has 11 aromatic carbocycles. The van der Waals surface area contributed by atoms with Gasteiger partial charge in [0.2, 0.25) is 0 Å². The first-order valence-corrected chi connectivity index (χ1v) is 28.5. The SMILES string of the molecule is Cc1cc2c3ccc4c5ccccc5sc4c3n(-c3c(C#N)c(-c4cccc5oc6ccccc6c45)c(C#N)c(-n4c5cc(C)c(C)cc5c5ccc6c7ccccc7sc6c54)c3-c3cccc4oc5ccccc5c34)c2cc1C. The number of para-hydroxylation sites is 2. The molecule has 0 spiro atoms. The van der Waals surface area contributed by atoms with Crippen LogP contribution in [0.5, 0.6) is 0 Å². The van der Waals surface area contributed by atoms with Gasteiger partial charge in [0.15, 0.2) is 0 Å². The van der Waals surface area contributed by atoms with Gasteiger partial charge in [-0.2, -0.15) is 10.5 Å². The maximum Gasteiger partial charge on any atom is 0.136 e. The van der Waals surface area contributed by atoms with E-state index in [2.05, 4.69) is 182 Å². The van der Waals surface area contributed by atoms with Gasteiger partial charge in [-0.15, -0.1) is 22.7 Å². The van der Waals surface area contributed by atoms with Crippen LogP contribution in [0.15, 0.2) is 191 Å². The third-order valence-corrected chi connectivity index (χ3v) is 19.6. The number of hydrogen-bond acceptors (Lipinski definition) is 6. The molecule has 0 unspecified atom stereocenters. The van der Waals surface area contributed by atoms with Crippen LogP contribution in [0.25, 0.3) is 161 Å². The zero-order chi connectivity index (χ0) is 53.4. The summed E-state index contributed by atoms with van der Waals surface area (Å²) in [5.74, 6) is 0. The first-order chi connectivity index (χ1) is 39.3. The number of furan rings is 2. The second-order valence-electron chi connectivity index (χ2n) is 21.4. The standard InChI is InChI=1S/C72H42N4O2S2/c1-37-31-51-43-27-29-45-41-15-7-11-25-61(41)79-71(45)69(43)75(55(51)33-39(37)3)67-53(35-73)63(49-19-13-23-59-64(49)47-17-5-9-21-57(47)77-59)54(36-74)68(66(67)50-20-14-24-60-65(50)48-18-6-10-22-58(48)78-60)76-56-34-40(4)38(2)32-52(56)44-28-30-46-42-16-8-12-26-62(42)80-72(46)70(44)76/h5-34H,1-4H3. The second kappa shape index (κ2) is 16.3. The fraction of sp³-hybridized carbons (Fsp3) is 0.0556. The number of nitrogens with zero attached hydrogens (tertiary/aromatic N) is 4. The van der Waals surface area contributed by atoms with E-state index in [1.54, 1.807) is 22.7 Å². The molecule has 0 saturated carbocycles. The molecule has 80 heavy (non-hydrogen) atoms. The van der Waals surface area contributed by atoms with Gasteiger partial charge in [0.25, 0.3) is 0 Å². The van der Waals surface area contributed by atoms with Gasteiger partial charge in [-0.1, -0.05) is 121 Å². The Hall–Kier alpha value is -9.96. The van der Waals surface area contributed by atoms with Crippen molar-refractivity contribution in [3.8, 4) is 45.8 Å². The zero-order valence-electron chi connectivity index (χ0n) is 43.7. The normalized spacial score (nSPS) is 12.2. The van der Waals surface area contributed by atoms with E-state index in [0.29, 0.717) is 39.2 Å². The number of benzene rings is 11. The van der Waals surface area contributed by atoms with Gasteiger partial charge in [0.05, 0.1) is 54.0 Å². The minimum absolute atomic E-state index is 0.373. The summed E-state index contributed by atoms with van der Waals surface area (Å²) in [4.78, 5) is 0. The third kappa shape index (κ3) is 5.88. The van der Waals surface area contributed by atoms with Gasteiger partial charge in [0, 0.05) is 85.2 Å². The van der Waals surface area contributed by atoms with Gasteiger partial charge in [-0.3, -0.25) is 0 Å². The van der Waals surface area contributed by atoms with Crippen LogP contribution < -0.4 is 0 Å². The Labute approximate surface area is 465 Å². The maximum absolute atomic E-state index is 12.7. The van der Waals surface area contributed by atoms with Crippen molar-refractivity contribution in [1.29, 1.82) is 10.5 Å². The summed E-state index contributed by atoms with van der Waals surface area (Å²) < 4.78 is 22.9. The molecule has 6 nitrogen and oxygen atoms in total. The number of rotatable bonds is 4. The van der Waals surface area contributed by atoms with Gasteiger partial charge < -0.3 is 18.0 Å². The predicted octanol–water partition coefficient (Wildman–Crippen LogP) is 20.7. The smallest absolute Gasteiger partial charge is 0.136 e. The molecule has 6 heterocycles. The van der Waals surface area contributed by atoms with Crippen molar-refractivity contribution in [1.82, 2.24) is 9.13 Å². The van der Waals surface area contributed by atoms with E-state index in [1.807, 2.05) is 48.5 Å². The van der Waals surface area contributed by atoms with Gasteiger partial charge in [-0.05, 0) is 122 Å². The Morgan fingerprint density at radius 3 is 1.21 bits per heavy atom. The topological polar surface area (TPSA) is 83.7 Å². The molecule has 0 aliphatic carbocycles. The summed E-state index contributed by atoms with van der Waals surface area (Å²) in [6, 6.07) is 70.1. The highest BCUT2D eigenvalue weighted by Crippen LogP contribution is 2.55. The Morgan fingerprint density at radius 2 is 0.750 bits per heavy atom. The second-order valence-corrected chi connectivity index (χ2v) is 23.5. The van der Waals surface area contributed by atoms with E-state index in [-0.39, 0.29) is 0 Å². The minimum atomic E-state index is 0.373. The van der Waals surface area contributed by atoms with Crippen LogP contribution in [0.1, 0.15) is 33.4 Å². The molecule has 8 heteroatoms. The van der Waals surface area contributed by atoms with Crippen LogP contribution in [-0.4, -0.2) is 9.13 Å². The highest BCUT2D eigenvalue weighted by Gasteiger charge is 2.35. The molecule has 0 aliphatic heterocycles. The van der Waals surface area contributed by atoms with Gasteiger partial charge >= 0.3 is 0 Å². The molecule has 0 aliphatic rings. The fourth-order valence-electron chi connectivity index (χ4n) is 13.4. The minimum Gasteiger partial charge on any atom is -0.456 e. The van der Waals surface area contributed by atoms with E-state index < -0.39 is 0 Å². The summed E-state index contributed by atoms with van der Waals surface area (Å²) in [5.41, 5.74) is 16.3. The van der Waals surface area contributed by atoms with Crippen LogP contribution >= 0.6 is 22.7 Å². The predicted molar refractivity (Wildman–Crippen MR) is 335 cm³/mol.